The Bertz CT molecular complexity index is 773. The lowest BCUT2D eigenvalue weighted by molar-refractivity contribution is -0.138. The Morgan fingerprint density at radius 2 is 1.90 bits per heavy atom. The minimum absolute atomic E-state index is 0.181. The van der Waals surface area contributed by atoms with E-state index in [0.717, 1.165) is 0 Å². The van der Waals surface area contributed by atoms with Gasteiger partial charge in [-0.2, -0.15) is 0 Å². The molecule has 0 aliphatic carbocycles. The topological polar surface area (TPSA) is 225 Å². The molecule has 2 atom stereocenters. The second-order valence-electron chi connectivity index (χ2n) is 6.51. The van der Waals surface area contributed by atoms with Gasteiger partial charge in [0.1, 0.15) is 12.0 Å². The molecule has 13 nitrogen and oxygen atoms in total. The van der Waals surface area contributed by atoms with Crippen LogP contribution in [0.5, 0.6) is 0 Å². The average molecular weight is 436 g/mol. The molecule has 0 aromatic carbocycles. The van der Waals surface area contributed by atoms with E-state index in [4.69, 9.17) is 16.9 Å². The summed E-state index contributed by atoms with van der Waals surface area (Å²) in [5.74, 6) is -4.05. The quantitative estimate of drug-likeness (QED) is 0.0905. The molecule has 1 rings (SSSR count). The van der Waals surface area contributed by atoms with Gasteiger partial charge in [-0.25, -0.2) is 0 Å². The van der Waals surface area contributed by atoms with Crippen LogP contribution in [-0.2, 0) is 19.2 Å². The summed E-state index contributed by atoms with van der Waals surface area (Å²) in [5.41, 5.74) is 10.9. The SMILES string of the molecule is N=C(N)NCCC[C@H](NC(=O)CN)C(=O)NCC(=O)NCC(C(=O)O)c1cccnc1. The molecule has 1 aromatic rings. The number of carboxylic acids is 1. The van der Waals surface area contributed by atoms with Crippen LogP contribution in [0.15, 0.2) is 24.5 Å². The van der Waals surface area contributed by atoms with Gasteiger partial charge >= 0.3 is 5.97 Å². The molecular weight excluding hydrogens is 408 g/mol. The smallest absolute Gasteiger partial charge is 0.312 e. The fraction of sp³-hybridized carbons (Fsp3) is 0.444. The van der Waals surface area contributed by atoms with Crippen LogP contribution in [0.4, 0.5) is 0 Å². The monoisotopic (exact) mass is 436 g/mol. The number of guanidine groups is 1. The van der Waals surface area contributed by atoms with E-state index in [9.17, 15) is 24.3 Å². The molecule has 0 aliphatic rings. The lowest BCUT2D eigenvalue weighted by atomic mass is 10.0. The molecule has 1 heterocycles. The molecule has 1 aromatic heterocycles. The van der Waals surface area contributed by atoms with E-state index in [1.54, 1.807) is 12.1 Å². The van der Waals surface area contributed by atoms with Crippen molar-refractivity contribution in [2.75, 3.05) is 26.2 Å². The molecule has 13 heteroatoms. The third kappa shape index (κ3) is 10.0. The summed E-state index contributed by atoms with van der Waals surface area (Å²) in [5, 5.41) is 26.3. The number of nitrogens with zero attached hydrogens (tertiary/aromatic N) is 1. The highest BCUT2D eigenvalue weighted by Crippen LogP contribution is 2.13. The van der Waals surface area contributed by atoms with Crippen molar-refractivity contribution < 1.29 is 24.3 Å². The maximum absolute atomic E-state index is 12.4. The molecule has 0 saturated carbocycles. The zero-order valence-electron chi connectivity index (χ0n) is 16.9. The Morgan fingerprint density at radius 3 is 2.48 bits per heavy atom. The molecule has 1 unspecified atom stereocenters. The molecule has 0 saturated heterocycles. The first-order chi connectivity index (χ1) is 14.7. The van der Waals surface area contributed by atoms with Crippen molar-refractivity contribution in [3.8, 4) is 0 Å². The molecule has 31 heavy (non-hydrogen) atoms. The van der Waals surface area contributed by atoms with Gasteiger partial charge < -0.3 is 37.8 Å². The summed E-state index contributed by atoms with van der Waals surface area (Å²) in [6.07, 6.45) is 3.55. The fourth-order valence-corrected chi connectivity index (χ4v) is 2.55. The van der Waals surface area contributed by atoms with Crippen molar-refractivity contribution in [3.63, 3.8) is 0 Å². The van der Waals surface area contributed by atoms with E-state index in [2.05, 4.69) is 26.3 Å². The van der Waals surface area contributed by atoms with Gasteiger partial charge in [0.2, 0.25) is 17.7 Å². The average Bonchev–Trinajstić information content (AvgIpc) is 2.74. The number of carboxylic acid groups (broad SMARTS) is 1. The standard InChI is InChI=1S/C18H28N8O5/c19-7-14(27)26-13(4-2-6-23-18(20)21)16(29)25-10-15(28)24-9-12(17(30)31)11-3-1-5-22-8-11/h1,3,5,8,12-13H,2,4,6-7,9-10,19H2,(H,24,28)(H,25,29)(H,26,27)(H,30,31)(H4,20,21,23)/t12?,13-/m0/s1. The van der Waals surface area contributed by atoms with Gasteiger partial charge in [0.25, 0.3) is 0 Å². The first-order valence-corrected chi connectivity index (χ1v) is 9.49. The number of rotatable bonds is 13. The Hall–Kier alpha value is -3.74. The first-order valence-electron chi connectivity index (χ1n) is 9.49. The van der Waals surface area contributed by atoms with Crippen LogP contribution in [0, 0.1) is 5.41 Å². The number of nitrogens with one attached hydrogen (secondary N) is 5. The van der Waals surface area contributed by atoms with Crippen LogP contribution < -0.4 is 32.7 Å². The number of pyridine rings is 1. The highest BCUT2D eigenvalue weighted by molar-refractivity contribution is 5.91. The summed E-state index contributed by atoms with van der Waals surface area (Å²) in [7, 11) is 0. The van der Waals surface area contributed by atoms with Crippen LogP contribution in [0.1, 0.15) is 24.3 Å². The van der Waals surface area contributed by atoms with Crippen LogP contribution in [0.25, 0.3) is 0 Å². The van der Waals surface area contributed by atoms with Gasteiger partial charge in [-0.05, 0) is 24.5 Å². The number of aliphatic carboxylic acids is 1. The molecular formula is C18H28N8O5. The molecule has 170 valence electrons. The number of aromatic nitrogens is 1. The van der Waals surface area contributed by atoms with Gasteiger partial charge in [-0.15, -0.1) is 0 Å². The van der Waals surface area contributed by atoms with Gasteiger partial charge in [-0.1, -0.05) is 6.07 Å². The summed E-state index contributed by atoms with van der Waals surface area (Å²) in [6.45, 7) is -0.567. The van der Waals surface area contributed by atoms with Gasteiger partial charge in [-0.3, -0.25) is 29.6 Å². The fourth-order valence-electron chi connectivity index (χ4n) is 2.55. The van der Waals surface area contributed by atoms with Gasteiger partial charge in [0.05, 0.1) is 13.1 Å². The Morgan fingerprint density at radius 1 is 1.16 bits per heavy atom. The number of carbonyl (C=O) groups is 4. The highest BCUT2D eigenvalue weighted by atomic mass is 16.4. The molecule has 0 spiro atoms. The number of nitrogens with two attached hydrogens (primary N) is 2. The minimum Gasteiger partial charge on any atom is -0.481 e. The normalized spacial score (nSPS) is 12.2. The Kier molecular flexibility index (Phi) is 11.0. The van der Waals surface area contributed by atoms with Gasteiger partial charge in [0, 0.05) is 25.5 Å². The predicted octanol–water partition coefficient (Wildman–Crippen LogP) is -2.81. The van der Waals surface area contributed by atoms with Crippen LogP contribution in [-0.4, -0.2) is 72.0 Å². The molecule has 0 aliphatic heterocycles. The first kappa shape index (κ1) is 25.3. The Balaban J connectivity index is 2.54. The van der Waals surface area contributed by atoms with E-state index in [-0.39, 0.29) is 25.5 Å². The summed E-state index contributed by atoms with van der Waals surface area (Å²) >= 11 is 0. The largest absolute Gasteiger partial charge is 0.481 e. The molecule has 3 amide bonds. The van der Waals surface area contributed by atoms with Crippen molar-refractivity contribution in [2.24, 2.45) is 11.5 Å². The highest BCUT2D eigenvalue weighted by Gasteiger charge is 2.22. The van der Waals surface area contributed by atoms with Crippen molar-refractivity contribution in [3.05, 3.63) is 30.1 Å². The summed E-state index contributed by atoms with van der Waals surface area (Å²) < 4.78 is 0. The molecule has 0 bridgehead atoms. The van der Waals surface area contributed by atoms with Crippen LogP contribution >= 0.6 is 0 Å². The van der Waals surface area contributed by atoms with Crippen molar-refractivity contribution in [1.82, 2.24) is 26.3 Å². The second-order valence-corrected chi connectivity index (χ2v) is 6.51. The molecule has 0 fully saturated rings. The van der Waals surface area contributed by atoms with Crippen LogP contribution in [0.2, 0.25) is 0 Å². The maximum Gasteiger partial charge on any atom is 0.312 e. The lowest BCUT2D eigenvalue weighted by Crippen LogP contribution is -2.50. The van der Waals surface area contributed by atoms with E-state index < -0.39 is 42.2 Å². The predicted molar refractivity (Wildman–Crippen MR) is 111 cm³/mol. The number of amides is 3. The Labute approximate surface area is 178 Å². The van der Waals surface area contributed by atoms with Crippen molar-refractivity contribution >= 4 is 29.7 Å². The lowest BCUT2D eigenvalue weighted by Gasteiger charge is -2.18. The third-order valence-electron chi connectivity index (χ3n) is 4.13. The summed E-state index contributed by atoms with van der Waals surface area (Å²) in [6, 6.07) is 2.25. The molecule has 0 radical (unpaired) electrons. The van der Waals surface area contributed by atoms with E-state index >= 15 is 0 Å². The van der Waals surface area contributed by atoms with Gasteiger partial charge in [0.15, 0.2) is 5.96 Å². The van der Waals surface area contributed by atoms with E-state index in [1.807, 2.05) is 0 Å². The maximum atomic E-state index is 12.4. The van der Waals surface area contributed by atoms with Crippen LogP contribution in [0.3, 0.4) is 0 Å². The van der Waals surface area contributed by atoms with E-state index in [1.165, 1.54) is 12.4 Å². The van der Waals surface area contributed by atoms with E-state index in [0.29, 0.717) is 18.5 Å². The number of hydrogen-bond donors (Lipinski definition) is 8. The summed E-state index contributed by atoms with van der Waals surface area (Å²) in [4.78, 5) is 51.3. The third-order valence-corrected chi connectivity index (χ3v) is 4.13. The number of hydrogen-bond acceptors (Lipinski definition) is 7. The minimum atomic E-state index is -1.12. The second kappa shape index (κ2) is 13.5. The number of carbonyl (C=O) groups excluding carboxylic acids is 3. The zero-order chi connectivity index (χ0) is 23.2. The molecule has 10 N–H and O–H groups in total. The van der Waals surface area contributed by atoms with Crippen molar-refractivity contribution in [1.29, 1.82) is 5.41 Å². The van der Waals surface area contributed by atoms with Crippen molar-refractivity contribution in [2.45, 2.75) is 24.8 Å². The zero-order valence-corrected chi connectivity index (χ0v) is 16.9.